The van der Waals surface area contributed by atoms with E-state index in [9.17, 15) is 0 Å². The molecule has 4 aliphatic carbocycles. The van der Waals surface area contributed by atoms with Crippen LogP contribution in [-0.2, 0) is 0 Å². The number of rotatable bonds is 0. The molecule has 0 bridgehead atoms. The summed E-state index contributed by atoms with van der Waals surface area (Å²) in [5.74, 6) is 0. The van der Waals surface area contributed by atoms with E-state index in [0.717, 1.165) is 0 Å². The van der Waals surface area contributed by atoms with Crippen molar-refractivity contribution in [2.45, 2.75) is 26.7 Å². The van der Waals surface area contributed by atoms with E-state index in [0.29, 0.717) is 0 Å². The third kappa shape index (κ3) is 0.913. The van der Waals surface area contributed by atoms with Gasteiger partial charge in [-0.05, 0) is 24.0 Å². The van der Waals surface area contributed by atoms with Crippen molar-refractivity contribution in [2.24, 2.45) is 10.8 Å². The summed E-state index contributed by atoms with van der Waals surface area (Å²) in [6, 6.07) is 0. The first-order valence-corrected chi connectivity index (χ1v) is 6.86. The summed E-state index contributed by atoms with van der Waals surface area (Å²) in [4.78, 5) is 0. The molecule has 0 unspecified atom stereocenters. The van der Waals surface area contributed by atoms with E-state index in [1.54, 1.807) is 11.1 Å². The maximum atomic E-state index is 2.44. The number of hydrogen-bond donors (Lipinski definition) is 0. The summed E-state index contributed by atoms with van der Waals surface area (Å²) >= 11 is 0. The second kappa shape index (κ2) is 3.06. The smallest absolute Gasteiger partial charge is 0.0268 e. The second-order valence-electron chi connectivity index (χ2n) is 6.10. The molecular formula is C18H18. The summed E-state index contributed by atoms with van der Waals surface area (Å²) in [6.45, 7) is 4.88. The molecule has 1 saturated carbocycles. The van der Waals surface area contributed by atoms with Crippen molar-refractivity contribution < 1.29 is 0 Å². The molecule has 0 N–H and O–H groups in total. The van der Waals surface area contributed by atoms with Crippen LogP contribution in [0.3, 0.4) is 0 Å². The molecule has 0 aromatic carbocycles. The van der Waals surface area contributed by atoms with E-state index in [-0.39, 0.29) is 10.8 Å². The molecular weight excluding hydrogens is 216 g/mol. The molecule has 0 radical (unpaired) electrons. The lowest BCUT2D eigenvalue weighted by molar-refractivity contribution is 0.210. The quantitative estimate of drug-likeness (QED) is 0.572. The Morgan fingerprint density at radius 3 is 1.61 bits per heavy atom. The lowest BCUT2D eigenvalue weighted by atomic mass is 9.45. The lowest BCUT2D eigenvalue weighted by Crippen LogP contribution is -2.48. The van der Waals surface area contributed by atoms with Crippen LogP contribution in [0, 0.1) is 10.8 Å². The highest BCUT2D eigenvalue weighted by Gasteiger charge is 2.56. The summed E-state index contributed by atoms with van der Waals surface area (Å²) < 4.78 is 0. The first kappa shape index (κ1) is 10.4. The van der Waals surface area contributed by atoms with Crippen LogP contribution in [0.1, 0.15) is 26.7 Å². The van der Waals surface area contributed by atoms with Gasteiger partial charge in [-0.2, -0.15) is 0 Å². The Hall–Kier alpha value is -1.56. The molecule has 0 amide bonds. The topological polar surface area (TPSA) is 0 Å². The molecule has 90 valence electrons. The molecule has 4 aliphatic rings. The van der Waals surface area contributed by atoms with Crippen LogP contribution in [-0.4, -0.2) is 0 Å². The van der Waals surface area contributed by atoms with Crippen molar-refractivity contribution in [3.8, 4) is 0 Å². The number of allylic oxidation sites excluding steroid dienone is 12. The predicted octanol–water partition coefficient (Wildman–Crippen LogP) is 4.65. The first-order valence-electron chi connectivity index (χ1n) is 6.86. The molecule has 1 fully saturated rings. The molecule has 4 rings (SSSR count). The zero-order valence-corrected chi connectivity index (χ0v) is 11.0. The van der Waals surface area contributed by atoms with Crippen molar-refractivity contribution in [3.05, 3.63) is 70.9 Å². The van der Waals surface area contributed by atoms with Gasteiger partial charge in [-0.1, -0.05) is 73.6 Å². The Kier molecular flexibility index (Phi) is 1.76. The van der Waals surface area contributed by atoms with Crippen LogP contribution in [0.25, 0.3) is 0 Å². The summed E-state index contributed by atoms with van der Waals surface area (Å²) in [5, 5.41) is 0. The van der Waals surface area contributed by atoms with Crippen LogP contribution < -0.4 is 0 Å². The fourth-order valence-electron chi connectivity index (χ4n) is 4.35. The maximum absolute atomic E-state index is 2.44. The van der Waals surface area contributed by atoms with Gasteiger partial charge in [0.15, 0.2) is 0 Å². The molecule has 0 heteroatoms. The third-order valence-corrected chi connectivity index (χ3v) is 5.69. The Balaban J connectivity index is 2.09. The van der Waals surface area contributed by atoms with Crippen molar-refractivity contribution >= 4 is 0 Å². The minimum atomic E-state index is 0.167. The van der Waals surface area contributed by atoms with Gasteiger partial charge in [-0.25, -0.2) is 0 Å². The Morgan fingerprint density at radius 2 is 1.17 bits per heavy atom. The fraction of sp³-hybridized carbons (Fsp3) is 0.333. The predicted molar refractivity (Wildman–Crippen MR) is 76.1 cm³/mol. The van der Waals surface area contributed by atoms with Gasteiger partial charge in [0.1, 0.15) is 0 Å². The molecule has 2 atom stereocenters. The van der Waals surface area contributed by atoms with Crippen LogP contribution in [0.5, 0.6) is 0 Å². The summed E-state index contributed by atoms with van der Waals surface area (Å²) in [5.41, 5.74) is 6.51. The Bertz CT molecular complexity index is 562. The molecule has 0 aliphatic heterocycles. The van der Waals surface area contributed by atoms with Gasteiger partial charge < -0.3 is 0 Å². The SMILES string of the molecule is C[C@@]12C3=CC=C4C=CC=C(CCC1=CC=C3)[C@@]42C. The van der Waals surface area contributed by atoms with Gasteiger partial charge in [0.25, 0.3) is 0 Å². The maximum Gasteiger partial charge on any atom is 0.0268 e. The average Bonchev–Trinajstić information content (AvgIpc) is 2.37. The third-order valence-electron chi connectivity index (χ3n) is 5.69. The van der Waals surface area contributed by atoms with Crippen LogP contribution in [0.15, 0.2) is 70.9 Å². The molecule has 18 heavy (non-hydrogen) atoms. The second-order valence-corrected chi connectivity index (χ2v) is 6.10. The standard InChI is InChI=1S/C18H18/c1-17-13-5-3-6-14(17)10-12-16-8-4-7-15(11-9-13)18(16,17)2/h3-9,11H,10,12H2,1-2H3/t17-,18-/m1/s1. The monoisotopic (exact) mass is 234 g/mol. The van der Waals surface area contributed by atoms with Gasteiger partial charge in [-0.3, -0.25) is 0 Å². The van der Waals surface area contributed by atoms with Crippen molar-refractivity contribution in [1.82, 2.24) is 0 Å². The molecule has 0 heterocycles. The summed E-state index contributed by atoms with van der Waals surface area (Å²) in [7, 11) is 0. The largest absolute Gasteiger partial charge is 0.0621 e. The number of hydrogen-bond acceptors (Lipinski definition) is 0. The van der Waals surface area contributed by atoms with Gasteiger partial charge >= 0.3 is 0 Å². The average molecular weight is 234 g/mol. The zero-order chi connectivity index (χ0) is 12.4. The van der Waals surface area contributed by atoms with E-state index >= 15 is 0 Å². The zero-order valence-electron chi connectivity index (χ0n) is 11.0. The molecule has 0 saturated heterocycles. The molecule has 0 aromatic heterocycles. The van der Waals surface area contributed by atoms with Crippen molar-refractivity contribution in [1.29, 1.82) is 0 Å². The fourth-order valence-corrected chi connectivity index (χ4v) is 4.35. The normalized spacial score (nSPS) is 39.4. The van der Waals surface area contributed by atoms with E-state index in [2.05, 4.69) is 62.5 Å². The highest BCUT2D eigenvalue weighted by molar-refractivity contribution is 5.61. The van der Waals surface area contributed by atoms with Crippen LogP contribution in [0.2, 0.25) is 0 Å². The minimum Gasteiger partial charge on any atom is -0.0621 e. The molecule has 0 aromatic rings. The van der Waals surface area contributed by atoms with E-state index in [1.165, 1.54) is 24.0 Å². The van der Waals surface area contributed by atoms with Gasteiger partial charge in [0.05, 0.1) is 0 Å². The van der Waals surface area contributed by atoms with E-state index in [1.807, 2.05) is 0 Å². The Labute approximate surface area is 109 Å². The van der Waals surface area contributed by atoms with Gasteiger partial charge in [0.2, 0.25) is 0 Å². The van der Waals surface area contributed by atoms with E-state index in [4.69, 9.17) is 0 Å². The first-order chi connectivity index (χ1) is 8.67. The molecule has 0 spiro atoms. The van der Waals surface area contributed by atoms with E-state index < -0.39 is 0 Å². The Morgan fingerprint density at radius 1 is 0.722 bits per heavy atom. The highest BCUT2D eigenvalue weighted by Crippen LogP contribution is 2.66. The highest BCUT2D eigenvalue weighted by atomic mass is 14.6. The van der Waals surface area contributed by atoms with Crippen molar-refractivity contribution in [2.75, 3.05) is 0 Å². The van der Waals surface area contributed by atoms with Crippen LogP contribution in [0.4, 0.5) is 0 Å². The lowest BCUT2D eigenvalue weighted by Gasteiger charge is -2.57. The van der Waals surface area contributed by atoms with Gasteiger partial charge in [-0.15, -0.1) is 0 Å². The minimum absolute atomic E-state index is 0.167. The van der Waals surface area contributed by atoms with Crippen molar-refractivity contribution in [3.63, 3.8) is 0 Å². The summed E-state index contributed by atoms with van der Waals surface area (Å²) in [6.07, 6.45) is 20.8. The van der Waals surface area contributed by atoms with Crippen LogP contribution >= 0.6 is 0 Å². The van der Waals surface area contributed by atoms with Gasteiger partial charge in [0, 0.05) is 10.8 Å². The molecule has 0 nitrogen and oxygen atoms in total.